The fourth-order valence-electron chi connectivity index (χ4n) is 1.14. The van der Waals surface area contributed by atoms with Crippen LogP contribution in [0.15, 0.2) is 23.4 Å². The minimum atomic E-state index is -2.75. The molecular formula is C8H10N2O4S. The third-order valence-electron chi connectivity index (χ3n) is 1.85. The molecule has 1 aromatic carbocycles. The average Bonchev–Trinajstić information content (AvgIpc) is 2.18. The lowest BCUT2D eigenvalue weighted by Gasteiger charge is -2.15. The Morgan fingerprint density at radius 1 is 1.47 bits per heavy atom. The van der Waals surface area contributed by atoms with Crippen LogP contribution in [0.3, 0.4) is 0 Å². The van der Waals surface area contributed by atoms with Crippen molar-refractivity contribution in [2.24, 2.45) is 5.18 Å². The quantitative estimate of drug-likeness (QED) is 0.599. The molecule has 0 atom stereocenters. The highest BCUT2D eigenvalue weighted by Crippen LogP contribution is 2.30. The Bertz CT molecular complexity index is 436. The molecule has 0 aliphatic rings. The highest BCUT2D eigenvalue weighted by atomic mass is 32.2. The Labute approximate surface area is 88.2 Å². The van der Waals surface area contributed by atoms with Crippen LogP contribution in [-0.2, 0) is 10.9 Å². The molecule has 0 aliphatic heterocycles. The Morgan fingerprint density at radius 2 is 2.13 bits per heavy atom. The van der Waals surface area contributed by atoms with Gasteiger partial charge in [-0.05, 0) is 24.2 Å². The Morgan fingerprint density at radius 3 is 2.53 bits per heavy atom. The lowest BCUT2D eigenvalue weighted by atomic mass is 10.2. The van der Waals surface area contributed by atoms with Gasteiger partial charge < -0.3 is 5.11 Å². The summed E-state index contributed by atoms with van der Waals surface area (Å²) in [7, 11) is -2.75. The summed E-state index contributed by atoms with van der Waals surface area (Å²) in [5, 5.41) is 11.9. The van der Waals surface area contributed by atoms with E-state index < -0.39 is 10.9 Å². The molecule has 0 aromatic heterocycles. The number of hydrogen-bond donors (Lipinski definition) is 2. The van der Waals surface area contributed by atoms with E-state index in [4.69, 9.17) is 0 Å². The molecule has 0 bridgehead atoms. The first-order chi connectivity index (χ1) is 7.10. The largest absolute Gasteiger partial charge is 0.505 e. The number of phenols is 1. The summed E-state index contributed by atoms with van der Waals surface area (Å²) < 4.78 is 22.7. The number of aromatic hydroxyl groups is 1. The van der Waals surface area contributed by atoms with E-state index in [2.05, 4.69) is 5.18 Å². The van der Waals surface area contributed by atoms with Gasteiger partial charge in [-0.25, -0.2) is 8.42 Å². The van der Waals surface area contributed by atoms with E-state index in [1.807, 2.05) is 0 Å². The zero-order valence-electron chi connectivity index (χ0n) is 7.95. The van der Waals surface area contributed by atoms with E-state index in [1.165, 1.54) is 18.2 Å². The molecule has 7 heteroatoms. The molecule has 15 heavy (non-hydrogen) atoms. The minimum Gasteiger partial charge on any atom is -0.505 e. The molecule has 0 fully saturated rings. The van der Waals surface area contributed by atoms with Crippen LogP contribution < -0.4 is 4.31 Å². The molecule has 0 saturated heterocycles. The minimum absolute atomic E-state index is 0.115. The van der Waals surface area contributed by atoms with Crippen molar-refractivity contribution in [1.82, 2.24) is 0 Å². The average molecular weight is 230 g/mol. The third kappa shape index (κ3) is 2.44. The van der Waals surface area contributed by atoms with Gasteiger partial charge in [0, 0.05) is 12.6 Å². The molecule has 0 aliphatic carbocycles. The smallest absolute Gasteiger partial charge is 0.225 e. The number of phenolic OH excluding ortho intramolecular Hbond substituents is 1. The van der Waals surface area contributed by atoms with Gasteiger partial charge in [-0.3, -0.25) is 4.31 Å². The third-order valence-corrected chi connectivity index (χ3v) is 2.76. The van der Waals surface area contributed by atoms with Gasteiger partial charge in [-0.15, -0.1) is 4.91 Å². The number of hydrogen-bond acceptors (Lipinski definition) is 5. The van der Waals surface area contributed by atoms with E-state index >= 15 is 0 Å². The molecule has 0 heterocycles. The van der Waals surface area contributed by atoms with Gasteiger partial charge in [0.15, 0.2) is 0 Å². The maximum Gasteiger partial charge on any atom is 0.225 e. The number of thiol groups is 1. The van der Waals surface area contributed by atoms with Crippen molar-refractivity contribution >= 4 is 22.3 Å². The van der Waals surface area contributed by atoms with Crippen molar-refractivity contribution in [2.75, 3.05) is 10.8 Å². The van der Waals surface area contributed by atoms with E-state index in [1.54, 1.807) is 6.92 Å². The van der Waals surface area contributed by atoms with Crippen LogP contribution in [0.4, 0.5) is 11.4 Å². The topological polar surface area (TPSA) is 87.0 Å². The standard InChI is InChI=1S/C8H10N2O4S/c1-2-10(15(13)14)6-3-4-7(9-12)8(11)5-6/h3-5,11,15H,2H2,1H3. The van der Waals surface area contributed by atoms with Crippen LogP contribution in [0.2, 0.25) is 0 Å². The molecule has 82 valence electrons. The summed E-state index contributed by atoms with van der Waals surface area (Å²) >= 11 is 0. The van der Waals surface area contributed by atoms with Crippen LogP contribution in [-0.4, -0.2) is 20.1 Å². The number of benzene rings is 1. The number of nitrogens with zero attached hydrogens (tertiary/aromatic N) is 2. The van der Waals surface area contributed by atoms with Gasteiger partial charge in [0.05, 0.1) is 5.69 Å². The fourth-order valence-corrected chi connectivity index (χ4v) is 1.69. The Balaban J connectivity index is 3.16. The maximum atomic E-state index is 10.8. The van der Waals surface area contributed by atoms with Crippen LogP contribution in [0.25, 0.3) is 0 Å². The highest BCUT2D eigenvalue weighted by molar-refractivity contribution is 7.74. The molecule has 6 nitrogen and oxygen atoms in total. The fraction of sp³-hybridized carbons (Fsp3) is 0.250. The number of anilines is 1. The zero-order chi connectivity index (χ0) is 11.4. The van der Waals surface area contributed by atoms with E-state index in [0.717, 1.165) is 4.31 Å². The summed E-state index contributed by atoms with van der Waals surface area (Å²) in [6, 6.07) is 3.86. The Hall–Kier alpha value is -1.63. The normalized spacial score (nSPS) is 10.3. The lowest BCUT2D eigenvalue weighted by molar-refractivity contribution is 0.477. The molecule has 1 rings (SSSR count). The molecule has 0 saturated carbocycles. The number of rotatable bonds is 4. The predicted octanol–water partition coefficient (Wildman–Crippen LogP) is 1.14. The molecule has 0 spiro atoms. The van der Waals surface area contributed by atoms with Gasteiger partial charge in [-0.2, -0.15) is 0 Å². The summed E-state index contributed by atoms with van der Waals surface area (Å²) in [6.07, 6.45) is 0. The van der Waals surface area contributed by atoms with E-state index in [-0.39, 0.29) is 18.0 Å². The molecule has 0 radical (unpaired) electrons. The lowest BCUT2D eigenvalue weighted by Crippen LogP contribution is -2.19. The monoisotopic (exact) mass is 230 g/mol. The van der Waals surface area contributed by atoms with Gasteiger partial charge in [0.1, 0.15) is 11.4 Å². The number of nitroso groups, excluding NO2 is 1. The van der Waals surface area contributed by atoms with Crippen LogP contribution in [0, 0.1) is 4.91 Å². The molecule has 1 N–H and O–H groups in total. The molecular weight excluding hydrogens is 220 g/mol. The Kier molecular flexibility index (Phi) is 3.62. The molecule has 0 amide bonds. The summed E-state index contributed by atoms with van der Waals surface area (Å²) in [5.41, 5.74) is 0.189. The van der Waals surface area contributed by atoms with Crippen molar-refractivity contribution in [3.63, 3.8) is 0 Å². The zero-order valence-corrected chi connectivity index (χ0v) is 8.85. The second-order valence-electron chi connectivity index (χ2n) is 2.72. The van der Waals surface area contributed by atoms with Gasteiger partial charge in [0.25, 0.3) is 0 Å². The SMILES string of the molecule is CCN(c1ccc(N=O)c(O)c1)[SH](=O)=O. The van der Waals surface area contributed by atoms with Gasteiger partial charge in [0.2, 0.25) is 10.9 Å². The maximum absolute atomic E-state index is 10.8. The van der Waals surface area contributed by atoms with Crippen LogP contribution >= 0.6 is 0 Å². The highest BCUT2D eigenvalue weighted by Gasteiger charge is 2.09. The first kappa shape index (κ1) is 11.4. The van der Waals surface area contributed by atoms with Crippen molar-refractivity contribution in [1.29, 1.82) is 0 Å². The molecule has 1 aromatic rings. The van der Waals surface area contributed by atoms with Crippen molar-refractivity contribution in [3.8, 4) is 5.75 Å². The summed E-state index contributed by atoms with van der Waals surface area (Å²) in [5.74, 6) is -0.335. The summed E-state index contributed by atoms with van der Waals surface area (Å²) in [4.78, 5) is 10.2. The second-order valence-corrected chi connectivity index (χ2v) is 3.68. The van der Waals surface area contributed by atoms with Gasteiger partial charge >= 0.3 is 0 Å². The second kappa shape index (κ2) is 4.74. The van der Waals surface area contributed by atoms with Crippen molar-refractivity contribution in [3.05, 3.63) is 23.1 Å². The summed E-state index contributed by atoms with van der Waals surface area (Å²) in [6.45, 7) is 1.92. The van der Waals surface area contributed by atoms with Crippen molar-refractivity contribution < 1.29 is 13.5 Å². The van der Waals surface area contributed by atoms with E-state index in [0.29, 0.717) is 5.69 Å². The molecule has 0 unspecified atom stereocenters. The predicted molar refractivity (Wildman–Crippen MR) is 56.9 cm³/mol. The first-order valence-electron chi connectivity index (χ1n) is 4.18. The van der Waals surface area contributed by atoms with E-state index in [9.17, 15) is 18.4 Å². The van der Waals surface area contributed by atoms with Crippen molar-refractivity contribution in [2.45, 2.75) is 6.92 Å². The van der Waals surface area contributed by atoms with Crippen LogP contribution in [0.1, 0.15) is 6.92 Å². The van der Waals surface area contributed by atoms with Gasteiger partial charge in [-0.1, -0.05) is 0 Å². The van der Waals surface area contributed by atoms with Crippen LogP contribution in [0.5, 0.6) is 5.75 Å². The first-order valence-corrected chi connectivity index (χ1v) is 5.31.